The van der Waals surface area contributed by atoms with Crippen molar-refractivity contribution in [3.63, 3.8) is 0 Å². The van der Waals surface area contributed by atoms with Crippen LogP contribution in [0.3, 0.4) is 0 Å². The van der Waals surface area contributed by atoms with E-state index in [1.807, 2.05) is 22.6 Å². The first-order valence-electron chi connectivity index (χ1n) is 4.17. The monoisotopic (exact) mass is 321 g/mol. The lowest BCUT2D eigenvalue weighted by molar-refractivity contribution is -0.385. The number of hydrogen-bond donors (Lipinski definition) is 0. The van der Waals surface area contributed by atoms with Gasteiger partial charge in [-0.05, 0) is 41.6 Å². The maximum atomic E-state index is 11.3. The molecule has 0 amide bonds. The molecule has 0 N–H and O–H groups in total. The first-order chi connectivity index (χ1) is 7.06. The highest BCUT2D eigenvalue weighted by Gasteiger charge is 2.15. The molecule has 1 aromatic rings. The molecule has 0 aliphatic rings. The molecule has 0 heterocycles. The topological polar surface area (TPSA) is 69.4 Å². The minimum atomic E-state index is -0.489. The lowest BCUT2D eigenvalue weighted by Gasteiger charge is -2.02. The lowest BCUT2D eigenvalue weighted by atomic mass is 10.2. The Bertz CT molecular complexity index is 405. The Morgan fingerprint density at radius 1 is 1.60 bits per heavy atom. The highest BCUT2D eigenvalue weighted by Crippen LogP contribution is 2.21. The SMILES string of the molecule is CCOC(=O)c1ccc([N+](=O)[O-])c(I)c1. The molecular weight excluding hydrogens is 313 g/mol. The van der Waals surface area contributed by atoms with Crippen molar-refractivity contribution in [2.24, 2.45) is 0 Å². The van der Waals surface area contributed by atoms with Gasteiger partial charge in [-0.15, -0.1) is 0 Å². The number of hydrogen-bond acceptors (Lipinski definition) is 4. The van der Waals surface area contributed by atoms with Gasteiger partial charge < -0.3 is 4.74 Å². The summed E-state index contributed by atoms with van der Waals surface area (Å²) in [6.07, 6.45) is 0. The van der Waals surface area contributed by atoms with Crippen LogP contribution in [-0.2, 0) is 4.74 Å². The number of nitro groups is 1. The lowest BCUT2D eigenvalue weighted by Crippen LogP contribution is -2.05. The molecule has 0 bridgehead atoms. The van der Waals surface area contributed by atoms with E-state index in [0.29, 0.717) is 9.13 Å². The van der Waals surface area contributed by atoms with Crippen molar-refractivity contribution in [1.29, 1.82) is 0 Å². The molecule has 15 heavy (non-hydrogen) atoms. The Kier molecular flexibility index (Phi) is 4.01. The van der Waals surface area contributed by atoms with Gasteiger partial charge >= 0.3 is 5.97 Å². The first-order valence-corrected chi connectivity index (χ1v) is 5.25. The molecule has 0 spiro atoms. The van der Waals surface area contributed by atoms with Gasteiger partial charge in [0.25, 0.3) is 5.69 Å². The van der Waals surface area contributed by atoms with Crippen molar-refractivity contribution in [2.45, 2.75) is 6.92 Å². The summed E-state index contributed by atoms with van der Waals surface area (Å²) in [6.45, 7) is 1.99. The van der Waals surface area contributed by atoms with Crippen molar-refractivity contribution in [3.8, 4) is 0 Å². The summed E-state index contributed by atoms with van der Waals surface area (Å²) < 4.78 is 5.19. The summed E-state index contributed by atoms with van der Waals surface area (Å²) in [6, 6.07) is 4.13. The third-order valence-electron chi connectivity index (χ3n) is 1.66. The average Bonchev–Trinajstić information content (AvgIpc) is 2.17. The second-order valence-corrected chi connectivity index (χ2v) is 3.81. The van der Waals surface area contributed by atoms with E-state index in [2.05, 4.69) is 0 Å². The predicted molar refractivity (Wildman–Crippen MR) is 61.8 cm³/mol. The van der Waals surface area contributed by atoms with Crippen molar-refractivity contribution < 1.29 is 14.5 Å². The fourth-order valence-corrected chi connectivity index (χ4v) is 1.71. The average molecular weight is 321 g/mol. The van der Waals surface area contributed by atoms with Gasteiger partial charge in [0.1, 0.15) is 0 Å². The molecule has 0 atom stereocenters. The number of nitrogens with zero attached hydrogens (tertiary/aromatic N) is 1. The zero-order chi connectivity index (χ0) is 11.4. The Hall–Kier alpha value is -1.18. The van der Waals surface area contributed by atoms with Crippen LogP contribution in [0.15, 0.2) is 18.2 Å². The summed E-state index contributed by atoms with van der Waals surface area (Å²) in [5.74, 6) is -0.467. The molecule has 0 saturated heterocycles. The molecule has 5 nitrogen and oxygen atoms in total. The van der Waals surface area contributed by atoms with E-state index in [1.54, 1.807) is 6.92 Å². The van der Waals surface area contributed by atoms with Crippen LogP contribution < -0.4 is 0 Å². The highest BCUT2D eigenvalue weighted by molar-refractivity contribution is 14.1. The summed E-state index contributed by atoms with van der Waals surface area (Å²) in [5.41, 5.74) is 0.315. The van der Waals surface area contributed by atoms with Gasteiger partial charge in [0.05, 0.1) is 20.7 Å². The van der Waals surface area contributed by atoms with E-state index < -0.39 is 10.9 Å². The van der Waals surface area contributed by atoms with Crippen LogP contribution in [0.2, 0.25) is 0 Å². The van der Waals surface area contributed by atoms with Crippen LogP contribution in [0, 0.1) is 13.7 Å². The molecule has 80 valence electrons. The van der Waals surface area contributed by atoms with Gasteiger partial charge in [0.2, 0.25) is 0 Å². The zero-order valence-corrected chi connectivity index (χ0v) is 10.1. The van der Waals surface area contributed by atoms with Crippen LogP contribution in [0.1, 0.15) is 17.3 Å². The van der Waals surface area contributed by atoms with Gasteiger partial charge in [-0.2, -0.15) is 0 Å². The van der Waals surface area contributed by atoms with Crippen LogP contribution in [0.5, 0.6) is 0 Å². The quantitative estimate of drug-likeness (QED) is 0.371. The number of halogens is 1. The summed E-state index contributed by atoms with van der Waals surface area (Å²) >= 11 is 1.81. The normalized spacial score (nSPS) is 9.73. The van der Waals surface area contributed by atoms with Crippen molar-refractivity contribution in [2.75, 3.05) is 6.61 Å². The van der Waals surface area contributed by atoms with Gasteiger partial charge in [-0.3, -0.25) is 10.1 Å². The molecule has 1 aromatic carbocycles. The van der Waals surface area contributed by atoms with Gasteiger partial charge in [-0.25, -0.2) is 4.79 Å². The maximum Gasteiger partial charge on any atom is 0.338 e. The molecular formula is C9H8INO4. The fraction of sp³-hybridized carbons (Fsp3) is 0.222. The van der Waals surface area contributed by atoms with E-state index in [4.69, 9.17) is 4.74 Å². The largest absolute Gasteiger partial charge is 0.462 e. The highest BCUT2D eigenvalue weighted by atomic mass is 127. The smallest absolute Gasteiger partial charge is 0.338 e. The standard InChI is InChI=1S/C9H8INO4/c1-2-15-9(12)6-3-4-8(11(13)14)7(10)5-6/h3-5H,2H2,1H3. The van der Waals surface area contributed by atoms with Gasteiger partial charge in [-0.1, -0.05) is 0 Å². The van der Waals surface area contributed by atoms with Gasteiger partial charge in [0, 0.05) is 6.07 Å². The maximum absolute atomic E-state index is 11.3. The Labute approximate surface area is 99.7 Å². The first kappa shape index (κ1) is 11.9. The van der Waals surface area contributed by atoms with E-state index in [-0.39, 0.29) is 12.3 Å². The molecule has 6 heteroatoms. The number of nitro benzene ring substituents is 1. The third-order valence-corrected chi connectivity index (χ3v) is 2.52. The number of carbonyl (C=O) groups is 1. The van der Waals surface area contributed by atoms with Crippen LogP contribution in [0.4, 0.5) is 5.69 Å². The molecule has 0 aromatic heterocycles. The Morgan fingerprint density at radius 3 is 2.73 bits per heavy atom. The minimum absolute atomic E-state index is 0.0105. The van der Waals surface area contributed by atoms with Crippen molar-refractivity contribution >= 4 is 34.2 Å². The number of carbonyl (C=O) groups excluding carboxylic acids is 1. The number of rotatable bonds is 3. The van der Waals surface area contributed by atoms with E-state index in [0.717, 1.165) is 0 Å². The second kappa shape index (κ2) is 5.06. The molecule has 0 saturated carbocycles. The summed E-state index contributed by atoms with van der Waals surface area (Å²) in [5, 5.41) is 10.5. The molecule has 0 fully saturated rings. The summed E-state index contributed by atoms with van der Waals surface area (Å²) in [4.78, 5) is 21.3. The molecule has 0 unspecified atom stereocenters. The fourth-order valence-electron chi connectivity index (χ4n) is 0.996. The molecule has 1 rings (SSSR count). The van der Waals surface area contributed by atoms with Crippen molar-refractivity contribution in [1.82, 2.24) is 0 Å². The molecule has 0 aliphatic heterocycles. The zero-order valence-electron chi connectivity index (χ0n) is 7.90. The molecule has 0 aliphatic carbocycles. The second-order valence-electron chi connectivity index (χ2n) is 2.64. The van der Waals surface area contributed by atoms with E-state index in [1.165, 1.54) is 18.2 Å². The van der Waals surface area contributed by atoms with Crippen molar-refractivity contribution in [3.05, 3.63) is 37.4 Å². The Morgan fingerprint density at radius 2 is 2.27 bits per heavy atom. The van der Waals surface area contributed by atoms with Crippen LogP contribution >= 0.6 is 22.6 Å². The van der Waals surface area contributed by atoms with Crippen LogP contribution in [-0.4, -0.2) is 17.5 Å². The minimum Gasteiger partial charge on any atom is -0.462 e. The third kappa shape index (κ3) is 2.88. The van der Waals surface area contributed by atoms with Gasteiger partial charge in [0.15, 0.2) is 0 Å². The molecule has 0 radical (unpaired) electrons. The van der Waals surface area contributed by atoms with Crippen LogP contribution in [0.25, 0.3) is 0 Å². The van der Waals surface area contributed by atoms with E-state index in [9.17, 15) is 14.9 Å². The number of ether oxygens (including phenoxy) is 1. The Balaban J connectivity index is 3.01. The predicted octanol–water partition coefficient (Wildman–Crippen LogP) is 2.38. The van der Waals surface area contributed by atoms with E-state index >= 15 is 0 Å². The number of benzene rings is 1. The number of esters is 1. The summed E-state index contributed by atoms with van der Waals surface area (Å²) in [7, 11) is 0.